The summed E-state index contributed by atoms with van der Waals surface area (Å²) in [5.74, 6) is 0. The van der Waals surface area contributed by atoms with E-state index in [9.17, 15) is 8.42 Å². The van der Waals surface area contributed by atoms with Crippen LogP contribution in [0, 0.1) is 0 Å². The molecule has 0 atom stereocenters. The lowest BCUT2D eigenvalue weighted by Crippen LogP contribution is -2.10. The van der Waals surface area contributed by atoms with Gasteiger partial charge >= 0.3 is 0 Å². The Labute approximate surface area is 83.8 Å². The van der Waals surface area contributed by atoms with E-state index in [1.54, 1.807) is 0 Å². The maximum Gasteiger partial charge on any atom is 0.270 e. The molecular formula is C10H12O3S. The predicted molar refractivity (Wildman–Crippen MR) is 53.2 cm³/mol. The Morgan fingerprint density at radius 3 is 2.43 bits per heavy atom. The molecule has 0 bridgehead atoms. The highest BCUT2D eigenvalue weighted by atomic mass is 32.2. The van der Waals surface area contributed by atoms with Crippen molar-refractivity contribution in [2.75, 3.05) is 0 Å². The van der Waals surface area contributed by atoms with Gasteiger partial charge in [-0.2, -0.15) is 8.42 Å². The molecule has 1 aliphatic rings. The smallest absolute Gasteiger partial charge is 0.265 e. The van der Waals surface area contributed by atoms with Gasteiger partial charge in [0.25, 0.3) is 10.1 Å². The molecule has 0 unspecified atom stereocenters. The van der Waals surface area contributed by atoms with Crippen LogP contribution in [0.3, 0.4) is 0 Å². The van der Waals surface area contributed by atoms with Crippen LogP contribution in [-0.4, -0.2) is 13.7 Å². The van der Waals surface area contributed by atoms with Crippen molar-refractivity contribution in [3.05, 3.63) is 35.9 Å². The highest BCUT2D eigenvalue weighted by Gasteiger charge is 2.36. The van der Waals surface area contributed by atoms with Gasteiger partial charge in [-0.1, -0.05) is 30.3 Å². The molecule has 0 saturated heterocycles. The molecule has 1 saturated carbocycles. The Hall–Kier alpha value is -0.870. The van der Waals surface area contributed by atoms with Gasteiger partial charge in [0.1, 0.15) is 0 Å². The SMILES string of the molecule is O=S(=O)(OCc1ccccc1)C1CC1. The standard InChI is InChI=1S/C10H12O3S/c11-14(12,10-6-7-10)13-8-9-4-2-1-3-5-9/h1-5,10H,6-8H2. The molecule has 14 heavy (non-hydrogen) atoms. The normalized spacial score (nSPS) is 16.9. The van der Waals surface area contributed by atoms with Crippen molar-refractivity contribution >= 4 is 10.1 Å². The van der Waals surface area contributed by atoms with E-state index in [0.717, 1.165) is 18.4 Å². The van der Waals surface area contributed by atoms with Gasteiger partial charge < -0.3 is 0 Å². The van der Waals surface area contributed by atoms with Crippen LogP contribution >= 0.6 is 0 Å². The lowest BCUT2D eigenvalue weighted by atomic mass is 10.2. The topological polar surface area (TPSA) is 43.4 Å². The number of hydrogen-bond acceptors (Lipinski definition) is 3. The van der Waals surface area contributed by atoms with Crippen LogP contribution in [0.5, 0.6) is 0 Å². The third kappa shape index (κ3) is 2.33. The zero-order valence-electron chi connectivity index (χ0n) is 7.72. The van der Waals surface area contributed by atoms with Gasteiger partial charge in [0.15, 0.2) is 0 Å². The van der Waals surface area contributed by atoms with Gasteiger partial charge in [-0.05, 0) is 18.4 Å². The highest BCUT2D eigenvalue weighted by molar-refractivity contribution is 7.87. The molecule has 0 radical (unpaired) electrons. The molecule has 76 valence electrons. The maximum atomic E-state index is 11.3. The van der Waals surface area contributed by atoms with Gasteiger partial charge in [-0.3, -0.25) is 4.18 Å². The number of benzene rings is 1. The molecule has 1 aromatic carbocycles. The van der Waals surface area contributed by atoms with Crippen LogP contribution in [0.4, 0.5) is 0 Å². The summed E-state index contributed by atoms with van der Waals surface area (Å²) in [5.41, 5.74) is 0.886. The average molecular weight is 212 g/mol. The molecule has 3 nitrogen and oxygen atoms in total. The monoisotopic (exact) mass is 212 g/mol. The minimum Gasteiger partial charge on any atom is -0.265 e. The second kappa shape index (κ2) is 3.71. The van der Waals surface area contributed by atoms with Gasteiger partial charge in [0, 0.05) is 0 Å². The van der Waals surface area contributed by atoms with Gasteiger partial charge in [0.05, 0.1) is 11.9 Å². The van der Waals surface area contributed by atoms with E-state index in [1.165, 1.54) is 0 Å². The van der Waals surface area contributed by atoms with Crippen molar-refractivity contribution in [2.24, 2.45) is 0 Å². The number of hydrogen-bond donors (Lipinski definition) is 0. The lowest BCUT2D eigenvalue weighted by Gasteiger charge is -2.03. The molecule has 0 spiro atoms. The molecule has 0 aromatic heterocycles. The van der Waals surface area contributed by atoms with Crippen molar-refractivity contribution in [1.82, 2.24) is 0 Å². The second-order valence-electron chi connectivity index (χ2n) is 3.44. The fourth-order valence-corrected chi connectivity index (χ4v) is 2.38. The fraction of sp³-hybridized carbons (Fsp3) is 0.400. The third-order valence-corrected chi connectivity index (χ3v) is 3.90. The van der Waals surface area contributed by atoms with E-state index in [1.807, 2.05) is 30.3 Å². The van der Waals surface area contributed by atoms with Crippen molar-refractivity contribution in [3.8, 4) is 0 Å². The quantitative estimate of drug-likeness (QED) is 0.713. The zero-order valence-corrected chi connectivity index (χ0v) is 8.53. The summed E-state index contributed by atoms with van der Waals surface area (Å²) >= 11 is 0. The molecule has 0 N–H and O–H groups in total. The first-order chi connectivity index (χ1) is 6.68. The summed E-state index contributed by atoms with van der Waals surface area (Å²) in [6.45, 7) is 0.152. The van der Waals surface area contributed by atoms with E-state index in [-0.39, 0.29) is 11.9 Å². The molecule has 0 heterocycles. The minimum absolute atomic E-state index is 0.152. The van der Waals surface area contributed by atoms with E-state index in [4.69, 9.17) is 4.18 Å². The molecule has 0 aliphatic heterocycles. The summed E-state index contributed by atoms with van der Waals surface area (Å²) < 4.78 is 27.6. The first kappa shape index (κ1) is 9.68. The van der Waals surface area contributed by atoms with Crippen molar-refractivity contribution in [1.29, 1.82) is 0 Å². The molecule has 2 rings (SSSR count). The Morgan fingerprint density at radius 1 is 1.21 bits per heavy atom. The third-order valence-electron chi connectivity index (χ3n) is 2.17. The summed E-state index contributed by atoms with van der Waals surface area (Å²) in [7, 11) is -3.29. The highest BCUT2D eigenvalue weighted by Crippen LogP contribution is 2.29. The molecular weight excluding hydrogens is 200 g/mol. The Kier molecular flexibility index (Phi) is 2.56. The van der Waals surface area contributed by atoms with E-state index >= 15 is 0 Å². The number of rotatable bonds is 4. The van der Waals surface area contributed by atoms with Crippen molar-refractivity contribution < 1.29 is 12.6 Å². The average Bonchev–Trinajstić information content (AvgIpc) is 3.00. The van der Waals surface area contributed by atoms with Gasteiger partial charge in [-0.25, -0.2) is 0 Å². The Bertz CT molecular complexity index is 393. The minimum atomic E-state index is -3.29. The summed E-state index contributed by atoms with van der Waals surface area (Å²) in [6.07, 6.45) is 1.49. The predicted octanol–water partition coefficient (Wildman–Crippen LogP) is 1.70. The van der Waals surface area contributed by atoms with E-state index in [0.29, 0.717) is 0 Å². The van der Waals surface area contributed by atoms with Crippen LogP contribution in [-0.2, 0) is 20.9 Å². The summed E-state index contributed by atoms with van der Waals surface area (Å²) in [6, 6.07) is 9.31. The molecule has 1 aliphatic carbocycles. The fourth-order valence-electron chi connectivity index (χ4n) is 1.18. The van der Waals surface area contributed by atoms with E-state index in [2.05, 4.69) is 0 Å². The van der Waals surface area contributed by atoms with E-state index < -0.39 is 10.1 Å². The van der Waals surface area contributed by atoms with Crippen LogP contribution < -0.4 is 0 Å². The van der Waals surface area contributed by atoms with Crippen LogP contribution in [0.2, 0.25) is 0 Å². The molecule has 1 aromatic rings. The summed E-state index contributed by atoms with van der Waals surface area (Å²) in [5, 5.41) is -0.244. The Morgan fingerprint density at radius 2 is 1.86 bits per heavy atom. The second-order valence-corrected chi connectivity index (χ2v) is 5.33. The molecule has 4 heteroatoms. The van der Waals surface area contributed by atoms with Crippen LogP contribution in [0.25, 0.3) is 0 Å². The molecule has 1 fully saturated rings. The maximum absolute atomic E-state index is 11.3. The molecule has 0 amide bonds. The van der Waals surface area contributed by atoms with Crippen molar-refractivity contribution in [2.45, 2.75) is 24.7 Å². The Balaban J connectivity index is 1.94. The summed E-state index contributed by atoms with van der Waals surface area (Å²) in [4.78, 5) is 0. The van der Waals surface area contributed by atoms with Gasteiger partial charge in [0.2, 0.25) is 0 Å². The first-order valence-corrected chi connectivity index (χ1v) is 6.08. The van der Waals surface area contributed by atoms with Gasteiger partial charge in [-0.15, -0.1) is 0 Å². The lowest BCUT2D eigenvalue weighted by molar-refractivity contribution is 0.307. The van der Waals surface area contributed by atoms with Crippen LogP contribution in [0.15, 0.2) is 30.3 Å². The van der Waals surface area contributed by atoms with Crippen molar-refractivity contribution in [3.63, 3.8) is 0 Å². The van der Waals surface area contributed by atoms with Crippen LogP contribution in [0.1, 0.15) is 18.4 Å². The first-order valence-electron chi connectivity index (χ1n) is 4.61. The largest absolute Gasteiger partial charge is 0.270 e. The zero-order chi connectivity index (χ0) is 10.0.